The lowest BCUT2D eigenvalue weighted by Gasteiger charge is -2.23. The second-order valence-corrected chi connectivity index (χ2v) is 5.01. The third-order valence-corrected chi connectivity index (χ3v) is 3.69. The first-order valence-electron chi connectivity index (χ1n) is 6.03. The lowest BCUT2D eigenvalue weighted by Crippen LogP contribution is -2.18. The molecule has 2 aliphatic rings. The zero-order valence-electron chi connectivity index (χ0n) is 9.26. The highest BCUT2D eigenvalue weighted by atomic mass is 35.5. The van der Waals surface area contributed by atoms with Gasteiger partial charge in [0, 0.05) is 11.1 Å². The summed E-state index contributed by atoms with van der Waals surface area (Å²) in [6, 6.07) is 4.54. The molecule has 0 unspecified atom stereocenters. The van der Waals surface area contributed by atoms with E-state index in [0.717, 1.165) is 36.8 Å². The van der Waals surface area contributed by atoms with Crippen LogP contribution in [0.4, 0.5) is 0 Å². The van der Waals surface area contributed by atoms with E-state index in [0.29, 0.717) is 6.04 Å². The predicted octanol–water partition coefficient (Wildman–Crippen LogP) is 3.09. The van der Waals surface area contributed by atoms with E-state index in [9.17, 15) is 0 Å². The number of fused-ring (bicyclic) bond motifs is 1. The molecule has 2 heterocycles. The van der Waals surface area contributed by atoms with Crippen molar-refractivity contribution < 1.29 is 4.74 Å². The van der Waals surface area contributed by atoms with E-state index in [4.69, 9.17) is 16.3 Å². The minimum atomic E-state index is 0.481. The molecule has 3 rings (SSSR count). The molecule has 2 nitrogen and oxygen atoms in total. The van der Waals surface area contributed by atoms with Crippen LogP contribution in [0.5, 0.6) is 5.75 Å². The summed E-state index contributed by atoms with van der Waals surface area (Å²) in [5.41, 5.74) is 2.73. The SMILES string of the molecule is Clc1cc2c(c([C@@H]3CCCN3)c1)CCCO2. The van der Waals surface area contributed by atoms with Gasteiger partial charge in [-0.05, 0) is 55.5 Å². The standard InChI is InChI=1S/C13H16ClNO/c14-9-7-11(12-4-1-5-15-12)10-3-2-6-16-13(10)8-9/h7-8,12,15H,1-6H2/t12-/m0/s1. The molecular weight excluding hydrogens is 222 g/mol. The van der Waals surface area contributed by atoms with Crippen molar-refractivity contribution in [2.24, 2.45) is 0 Å². The normalized spacial score (nSPS) is 23.9. The van der Waals surface area contributed by atoms with Gasteiger partial charge in [0.2, 0.25) is 0 Å². The Balaban J connectivity index is 2.04. The zero-order valence-corrected chi connectivity index (χ0v) is 10.0. The molecule has 1 N–H and O–H groups in total. The average Bonchev–Trinajstić information content (AvgIpc) is 2.81. The Bertz CT molecular complexity index is 399. The summed E-state index contributed by atoms with van der Waals surface area (Å²) in [5.74, 6) is 1.00. The third-order valence-electron chi connectivity index (χ3n) is 3.47. The molecule has 1 aromatic rings. The first-order valence-corrected chi connectivity index (χ1v) is 6.41. The molecule has 0 radical (unpaired) electrons. The molecule has 0 aromatic heterocycles. The summed E-state index contributed by atoms with van der Waals surface area (Å²) in [7, 11) is 0. The van der Waals surface area contributed by atoms with Gasteiger partial charge in [0.1, 0.15) is 5.75 Å². The quantitative estimate of drug-likeness (QED) is 0.811. The van der Waals surface area contributed by atoms with Gasteiger partial charge in [0.15, 0.2) is 0 Å². The van der Waals surface area contributed by atoms with Crippen LogP contribution in [0.1, 0.15) is 36.4 Å². The monoisotopic (exact) mass is 237 g/mol. The van der Waals surface area contributed by atoms with Gasteiger partial charge in [-0.1, -0.05) is 11.6 Å². The van der Waals surface area contributed by atoms with E-state index in [2.05, 4.69) is 11.4 Å². The smallest absolute Gasteiger partial charge is 0.124 e. The van der Waals surface area contributed by atoms with Crippen LogP contribution in [0, 0.1) is 0 Å². The molecule has 0 aliphatic carbocycles. The zero-order chi connectivity index (χ0) is 11.0. The van der Waals surface area contributed by atoms with Gasteiger partial charge in [-0.25, -0.2) is 0 Å². The highest BCUT2D eigenvalue weighted by molar-refractivity contribution is 6.30. The van der Waals surface area contributed by atoms with Crippen LogP contribution in [-0.2, 0) is 6.42 Å². The minimum absolute atomic E-state index is 0.481. The van der Waals surface area contributed by atoms with Gasteiger partial charge in [-0.2, -0.15) is 0 Å². The van der Waals surface area contributed by atoms with Crippen molar-refractivity contribution in [2.45, 2.75) is 31.7 Å². The maximum absolute atomic E-state index is 6.15. The number of halogens is 1. The number of hydrogen-bond acceptors (Lipinski definition) is 2. The summed E-state index contributed by atoms with van der Waals surface area (Å²) < 4.78 is 5.69. The van der Waals surface area contributed by atoms with E-state index in [1.165, 1.54) is 24.0 Å². The van der Waals surface area contributed by atoms with Gasteiger partial charge in [-0.15, -0.1) is 0 Å². The van der Waals surface area contributed by atoms with E-state index in [1.54, 1.807) is 0 Å². The van der Waals surface area contributed by atoms with Gasteiger partial charge < -0.3 is 10.1 Å². The highest BCUT2D eigenvalue weighted by Crippen LogP contribution is 2.37. The van der Waals surface area contributed by atoms with Crippen LogP contribution in [0.2, 0.25) is 5.02 Å². The predicted molar refractivity (Wildman–Crippen MR) is 65.2 cm³/mol. The second-order valence-electron chi connectivity index (χ2n) is 4.57. The maximum Gasteiger partial charge on any atom is 0.124 e. The van der Waals surface area contributed by atoms with E-state index in [1.807, 2.05) is 6.07 Å². The lowest BCUT2D eigenvalue weighted by atomic mass is 9.94. The Hall–Kier alpha value is -0.730. The van der Waals surface area contributed by atoms with Gasteiger partial charge in [-0.3, -0.25) is 0 Å². The molecule has 2 aliphatic heterocycles. The summed E-state index contributed by atoms with van der Waals surface area (Å²) >= 11 is 6.15. The molecule has 1 fully saturated rings. The van der Waals surface area contributed by atoms with E-state index in [-0.39, 0.29) is 0 Å². The summed E-state index contributed by atoms with van der Waals surface area (Å²) in [6.07, 6.45) is 4.72. The van der Waals surface area contributed by atoms with Crippen molar-refractivity contribution in [2.75, 3.05) is 13.2 Å². The van der Waals surface area contributed by atoms with Crippen molar-refractivity contribution in [3.05, 3.63) is 28.3 Å². The number of hydrogen-bond donors (Lipinski definition) is 1. The van der Waals surface area contributed by atoms with Crippen molar-refractivity contribution in [1.82, 2.24) is 5.32 Å². The highest BCUT2D eigenvalue weighted by Gasteiger charge is 2.23. The third kappa shape index (κ3) is 1.80. The number of rotatable bonds is 1. The molecule has 1 saturated heterocycles. The number of ether oxygens (including phenoxy) is 1. The first-order chi connectivity index (χ1) is 7.84. The lowest BCUT2D eigenvalue weighted by molar-refractivity contribution is 0.287. The summed E-state index contributed by atoms with van der Waals surface area (Å²) in [6.45, 7) is 1.94. The van der Waals surface area contributed by atoms with Crippen LogP contribution in [0.3, 0.4) is 0 Å². The molecule has 1 atom stereocenters. The molecule has 0 spiro atoms. The largest absolute Gasteiger partial charge is 0.493 e. The van der Waals surface area contributed by atoms with Crippen molar-refractivity contribution >= 4 is 11.6 Å². The summed E-state index contributed by atoms with van der Waals surface area (Å²) in [4.78, 5) is 0. The van der Waals surface area contributed by atoms with Crippen molar-refractivity contribution in [3.8, 4) is 5.75 Å². The fraction of sp³-hybridized carbons (Fsp3) is 0.538. The molecular formula is C13H16ClNO. The minimum Gasteiger partial charge on any atom is -0.493 e. The molecule has 0 bridgehead atoms. The number of nitrogens with one attached hydrogen (secondary N) is 1. The Kier molecular flexibility index (Phi) is 2.78. The van der Waals surface area contributed by atoms with Gasteiger partial charge in [0.25, 0.3) is 0 Å². The van der Waals surface area contributed by atoms with Crippen LogP contribution < -0.4 is 10.1 Å². The van der Waals surface area contributed by atoms with Crippen LogP contribution >= 0.6 is 11.6 Å². The Labute approximate surface area is 101 Å². The van der Waals surface area contributed by atoms with E-state index >= 15 is 0 Å². The molecule has 86 valence electrons. The molecule has 3 heteroatoms. The van der Waals surface area contributed by atoms with E-state index < -0.39 is 0 Å². The summed E-state index contributed by atoms with van der Waals surface area (Å²) in [5, 5.41) is 4.33. The Morgan fingerprint density at radius 1 is 1.31 bits per heavy atom. The van der Waals surface area contributed by atoms with Crippen LogP contribution in [0.25, 0.3) is 0 Å². The van der Waals surface area contributed by atoms with Crippen molar-refractivity contribution in [1.29, 1.82) is 0 Å². The molecule has 1 aromatic carbocycles. The topological polar surface area (TPSA) is 21.3 Å². The Morgan fingerprint density at radius 2 is 2.25 bits per heavy atom. The maximum atomic E-state index is 6.15. The molecule has 0 amide bonds. The number of benzene rings is 1. The van der Waals surface area contributed by atoms with Gasteiger partial charge >= 0.3 is 0 Å². The van der Waals surface area contributed by atoms with Crippen molar-refractivity contribution in [3.63, 3.8) is 0 Å². The molecule has 0 saturated carbocycles. The fourth-order valence-corrected chi connectivity index (χ4v) is 2.94. The van der Waals surface area contributed by atoms with Gasteiger partial charge in [0.05, 0.1) is 6.61 Å². The Morgan fingerprint density at radius 3 is 3.06 bits per heavy atom. The first kappa shape index (κ1) is 10.4. The van der Waals surface area contributed by atoms with Crippen LogP contribution in [-0.4, -0.2) is 13.2 Å². The second kappa shape index (κ2) is 4.27. The van der Waals surface area contributed by atoms with Crippen LogP contribution in [0.15, 0.2) is 12.1 Å². The molecule has 16 heavy (non-hydrogen) atoms. The average molecular weight is 238 g/mol. The fourth-order valence-electron chi connectivity index (χ4n) is 2.72.